The molecule has 0 aliphatic carbocycles. The molecule has 5 nitrogen and oxygen atoms in total. The van der Waals surface area contributed by atoms with Crippen molar-refractivity contribution in [3.63, 3.8) is 0 Å². The summed E-state index contributed by atoms with van der Waals surface area (Å²) in [6.45, 7) is 0. The van der Waals surface area contributed by atoms with Crippen molar-refractivity contribution in [2.75, 3.05) is 11.9 Å². The van der Waals surface area contributed by atoms with Crippen LogP contribution in [0.15, 0.2) is 77.8 Å². The van der Waals surface area contributed by atoms with Crippen molar-refractivity contribution in [2.45, 2.75) is 18.4 Å². The molecule has 0 radical (unpaired) electrons. The molecule has 0 spiro atoms. The van der Waals surface area contributed by atoms with Gasteiger partial charge in [-0.15, -0.1) is 0 Å². The van der Waals surface area contributed by atoms with Crippen LogP contribution in [-0.4, -0.2) is 30.6 Å². The minimum atomic E-state index is -0.882. The van der Waals surface area contributed by atoms with E-state index in [1.807, 2.05) is 54.6 Å². The van der Waals surface area contributed by atoms with Gasteiger partial charge in [-0.1, -0.05) is 77.8 Å². The second kappa shape index (κ2) is 9.15. The monoisotopic (exact) mass is 465 g/mol. The number of amides is 2. The van der Waals surface area contributed by atoms with Crippen LogP contribution in [0.25, 0.3) is 0 Å². The lowest BCUT2D eigenvalue weighted by Crippen LogP contribution is -2.39. The van der Waals surface area contributed by atoms with Crippen LogP contribution < -0.4 is 10.6 Å². The van der Waals surface area contributed by atoms with Gasteiger partial charge in [0.2, 0.25) is 5.91 Å². The number of likely N-dealkylation sites (N-methyl/N-ethyl adjacent to an activating group) is 1. The number of anilines is 1. The van der Waals surface area contributed by atoms with Crippen LogP contribution in [-0.2, 0) is 9.59 Å². The van der Waals surface area contributed by atoms with E-state index in [4.69, 9.17) is 33.9 Å². The summed E-state index contributed by atoms with van der Waals surface area (Å²) in [5.41, 5.74) is 9.39. The molecule has 3 aromatic rings. The average molecular weight is 466 g/mol. The zero-order valence-electron chi connectivity index (χ0n) is 17.3. The number of benzene rings is 3. The van der Waals surface area contributed by atoms with Crippen LogP contribution in [0.2, 0.25) is 10.0 Å². The average Bonchev–Trinajstić information content (AvgIpc) is 2.90. The Bertz CT molecular complexity index is 1210. The Morgan fingerprint density at radius 3 is 2.41 bits per heavy atom. The fourth-order valence-electron chi connectivity index (χ4n) is 4.01. The normalized spacial score (nSPS) is 16.7. The van der Waals surface area contributed by atoms with Crippen molar-refractivity contribution < 1.29 is 9.59 Å². The van der Waals surface area contributed by atoms with E-state index in [1.165, 1.54) is 0 Å². The molecule has 32 heavy (non-hydrogen) atoms. The zero-order valence-corrected chi connectivity index (χ0v) is 18.8. The summed E-state index contributed by atoms with van der Waals surface area (Å²) in [5, 5.41) is 0.724. The van der Waals surface area contributed by atoms with Crippen molar-refractivity contribution in [3.05, 3.63) is 99.5 Å². The number of aliphatic imine (C=N–C) groups is 1. The first-order chi connectivity index (χ1) is 15.4. The summed E-state index contributed by atoms with van der Waals surface area (Å²) in [4.78, 5) is 32.2. The van der Waals surface area contributed by atoms with Crippen molar-refractivity contribution in [1.29, 1.82) is 0 Å². The zero-order chi connectivity index (χ0) is 22.8. The first-order valence-electron chi connectivity index (χ1n) is 10.1. The van der Waals surface area contributed by atoms with Crippen molar-refractivity contribution in [3.8, 4) is 0 Å². The number of carbonyl (C=O) groups is 2. The standard InChI is InChI=1S/C25H21Cl2N3O2/c1-30-21-10-6-5-9-17(21)23(15-7-3-2-4-8-15)29-24(25(30)32)18(14-22(28)31)16-11-12-19(26)20(27)13-16/h2-13,18,24H,14H2,1H3,(H2,28,31)/t18?,24-/m0/s1. The Kier molecular flexibility index (Phi) is 6.31. The highest BCUT2D eigenvalue weighted by Gasteiger charge is 2.37. The van der Waals surface area contributed by atoms with E-state index in [9.17, 15) is 9.59 Å². The Morgan fingerprint density at radius 2 is 1.72 bits per heavy atom. The molecule has 2 atom stereocenters. The highest BCUT2D eigenvalue weighted by atomic mass is 35.5. The van der Waals surface area contributed by atoms with Crippen LogP contribution in [0.4, 0.5) is 5.69 Å². The smallest absolute Gasteiger partial charge is 0.252 e. The Balaban J connectivity index is 1.93. The largest absolute Gasteiger partial charge is 0.370 e. The third-order valence-corrected chi connectivity index (χ3v) is 6.33. The highest BCUT2D eigenvalue weighted by molar-refractivity contribution is 6.42. The quantitative estimate of drug-likeness (QED) is 0.585. The SMILES string of the molecule is CN1C(=O)[C@H](C(CC(N)=O)c2ccc(Cl)c(Cl)c2)N=C(c2ccccc2)c2ccccc21. The second-order valence-electron chi connectivity index (χ2n) is 7.65. The van der Waals surface area contributed by atoms with Crippen LogP contribution in [0, 0.1) is 0 Å². The van der Waals surface area contributed by atoms with Gasteiger partial charge in [-0.05, 0) is 23.8 Å². The maximum Gasteiger partial charge on any atom is 0.252 e. The van der Waals surface area contributed by atoms with Gasteiger partial charge in [0.1, 0.15) is 6.04 Å². The number of hydrogen-bond acceptors (Lipinski definition) is 3. The third kappa shape index (κ3) is 4.27. The molecular formula is C25H21Cl2N3O2. The van der Waals surface area contributed by atoms with Gasteiger partial charge in [-0.25, -0.2) is 0 Å². The molecule has 7 heteroatoms. The molecular weight excluding hydrogens is 445 g/mol. The summed E-state index contributed by atoms with van der Waals surface area (Å²) >= 11 is 12.3. The Hall–Kier alpha value is -3.15. The molecule has 1 unspecified atom stereocenters. The minimum Gasteiger partial charge on any atom is -0.370 e. The lowest BCUT2D eigenvalue weighted by molar-refractivity contribution is -0.121. The maximum atomic E-state index is 13.6. The number of benzodiazepines with no additional fused rings is 1. The van der Waals surface area contributed by atoms with E-state index in [0.29, 0.717) is 21.3 Å². The summed E-state index contributed by atoms with van der Waals surface area (Å²) in [6, 6.07) is 21.5. The van der Waals surface area contributed by atoms with E-state index >= 15 is 0 Å². The number of hydrogen-bond donors (Lipinski definition) is 1. The van der Waals surface area contributed by atoms with Gasteiger partial charge in [-0.2, -0.15) is 0 Å². The van der Waals surface area contributed by atoms with Crippen molar-refractivity contribution in [1.82, 2.24) is 0 Å². The van der Waals surface area contributed by atoms with Crippen LogP contribution in [0.3, 0.4) is 0 Å². The first-order valence-corrected chi connectivity index (χ1v) is 10.9. The molecule has 0 aromatic heterocycles. The summed E-state index contributed by atoms with van der Waals surface area (Å²) in [5.74, 6) is -1.37. The molecule has 4 rings (SSSR count). The van der Waals surface area contributed by atoms with Crippen LogP contribution >= 0.6 is 23.2 Å². The third-order valence-electron chi connectivity index (χ3n) is 5.59. The number of nitrogens with zero attached hydrogens (tertiary/aromatic N) is 2. The number of carbonyl (C=O) groups excluding carboxylic acids is 2. The van der Waals surface area contributed by atoms with Gasteiger partial charge >= 0.3 is 0 Å². The summed E-state index contributed by atoms with van der Waals surface area (Å²) in [7, 11) is 1.72. The van der Waals surface area contributed by atoms with Crippen LogP contribution in [0.1, 0.15) is 29.0 Å². The number of nitrogens with two attached hydrogens (primary N) is 1. The molecule has 162 valence electrons. The van der Waals surface area contributed by atoms with Gasteiger partial charge in [0.15, 0.2) is 0 Å². The van der Waals surface area contributed by atoms with Crippen LogP contribution in [0.5, 0.6) is 0 Å². The van der Waals surface area contributed by atoms with Gasteiger partial charge < -0.3 is 10.6 Å². The van der Waals surface area contributed by atoms with Gasteiger partial charge in [0.25, 0.3) is 5.91 Å². The van der Waals surface area contributed by atoms with E-state index in [2.05, 4.69) is 0 Å². The number of rotatable bonds is 5. The number of halogens is 2. The molecule has 0 saturated heterocycles. The minimum absolute atomic E-state index is 0.0654. The van der Waals surface area contributed by atoms with E-state index < -0.39 is 17.9 Å². The Labute approximate surface area is 196 Å². The lowest BCUT2D eigenvalue weighted by Gasteiger charge is -2.26. The fourth-order valence-corrected chi connectivity index (χ4v) is 4.31. The van der Waals surface area contributed by atoms with Gasteiger partial charge in [-0.3, -0.25) is 14.6 Å². The molecule has 0 bridgehead atoms. The summed E-state index contributed by atoms with van der Waals surface area (Å²) in [6.07, 6.45) is -0.0654. The molecule has 0 saturated carbocycles. The lowest BCUT2D eigenvalue weighted by atomic mass is 9.87. The van der Waals surface area contributed by atoms with Crippen molar-refractivity contribution in [2.24, 2.45) is 10.7 Å². The van der Waals surface area contributed by atoms with Gasteiger partial charge in [0.05, 0.1) is 21.4 Å². The van der Waals surface area contributed by atoms with Crippen molar-refractivity contribution >= 4 is 46.4 Å². The molecule has 1 heterocycles. The van der Waals surface area contributed by atoms with E-state index in [-0.39, 0.29) is 12.3 Å². The number of primary amides is 1. The highest BCUT2D eigenvalue weighted by Crippen LogP contribution is 2.36. The van der Waals surface area contributed by atoms with Gasteiger partial charge in [0, 0.05) is 30.5 Å². The Morgan fingerprint density at radius 1 is 1.03 bits per heavy atom. The molecule has 1 aliphatic rings. The fraction of sp³-hybridized carbons (Fsp3) is 0.160. The topological polar surface area (TPSA) is 75.8 Å². The number of fused-ring (bicyclic) bond motifs is 1. The molecule has 3 aromatic carbocycles. The van der Waals surface area contributed by atoms with E-state index in [1.54, 1.807) is 30.1 Å². The molecule has 0 fully saturated rings. The maximum absolute atomic E-state index is 13.6. The molecule has 2 N–H and O–H groups in total. The molecule has 2 amide bonds. The summed E-state index contributed by atoms with van der Waals surface area (Å²) < 4.78 is 0. The second-order valence-corrected chi connectivity index (χ2v) is 8.47. The predicted octanol–water partition coefficient (Wildman–Crippen LogP) is 4.84. The number of para-hydroxylation sites is 1. The molecule has 1 aliphatic heterocycles. The van der Waals surface area contributed by atoms with E-state index in [0.717, 1.165) is 16.8 Å². The predicted molar refractivity (Wildman–Crippen MR) is 129 cm³/mol. The first kappa shape index (κ1) is 22.1.